The van der Waals surface area contributed by atoms with Crippen molar-refractivity contribution in [2.75, 3.05) is 6.61 Å². The Bertz CT molecular complexity index is 778. The minimum absolute atomic E-state index is 0.0529. The fourth-order valence-corrected chi connectivity index (χ4v) is 4.53. The van der Waals surface area contributed by atoms with Crippen molar-refractivity contribution in [1.29, 1.82) is 0 Å². The Morgan fingerprint density at radius 3 is 1.79 bits per heavy atom. The molecule has 3 aliphatic rings. The van der Waals surface area contributed by atoms with Crippen molar-refractivity contribution in [3.63, 3.8) is 0 Å². The third-order valence-corrected chi connectivity index (χ3v) is 5.35. The van der Waals surface area contributed by atoms with Crippen LogP contribution in [0.5, 0.6) is 0 Å². The molecule has 2 atom stereocenters. The van der Waals surface area contributed by atoms with E-state index in [1.807, 2.05) is 36.4 Å². The zero-order valence-corrected chi connectivity index (χ0v) is 13.3. The molecule has 0 radical (unpaired) electrons. The summed E-state index contributed by atoms with van der Waals surface area (Å²) in [6.45, 7) is 1.49. The van der Waals surface area contributed by atoms with Crippen LogP contribution in [-0.2, 0) is 14.3 Å². The van der Waals surface area contributed by atoms with Crippen molar-refractivity contribution in [3.05, 3.63) is 70.8 Å². The van der Waals surface area contributed by atoms with Gasteiger partial charge in [0, 0.05) is 24.7 Å². The molecule has 2 aromatic carbocycles. The van der Waals surface area contributed by atoms with Crippen LogP contribution in [0.25, 0.3) is 0 Å². The lowest BCUT2D eigenvalue weighted by Crippen LogP contribution is -2.45. The molecular weight excluding hydrogens is 304 g/mol. The number of carboxylic acid groups (broad SMARTS) is 1. The number of fused-ring (bicyclic) bond motifs is 1. The number of benzene rings is 2. The van der Waals surface area contributed by atoms with E-state index in [1.165, 1.54) is 6.92 Å². The molecular formula is C20H18O4. The first-order valence-electron chi connectivity index (χ1n) is 8.13. The number of carbonyl (C=O) groups is 2. The predicted molar refractivity (Wildman–Crippen MR) is 87.8 cm³/mol. The van der Waals surface area contributed by atoms with E-state index in [2.05, 4.69) is 12.1 Å². The first kappa shape index (κ1) is 14.9. The van der Waals surface area contributed by atoms with Crippen LogP contribution >= 0.6 is 0 Å². The van der Waals surface area contributed by atoms with Crippen LogP contribution in [0.1, 0.15) is 41.0 Å². The Hall–Kier alpha value is -2.62. The maximum absolute atomic E-state index is 12.1. The van der Waals surface area contributed by atoms with Crippen molar-refractivity contribution < 1.29 is 19.4 Å². The van der Waals surface area contributed by atoms with Crippen LogP contribution in [0.4, 0.5) is 0 Å². The lowest BCUT2D eigenvalue weighted by atomic mass is 9.54. The minimum Gasteiger partial charge on any atom is -0.481 e. The standard InChI is InChI=1S/C20H18O4/c1-11(21)24-10-16-17-12-6-2-4-8-14(12)18(19(16)20(22)23)15-9-5-3-7-13(15)17/h2-9,16-19H,10H2,1H3,(H,22,23)/t16-,17?,18?,19+/m0/s1. The Balaban J connectivity index is 1.91. The number of aliphatic carboxylic acids is 1. The molecule has 5 rings (SSSR count). The van der Waals surface area contributed by atoms with Crippen molar-refractivity contribution in [2.45, 2.75) is 18.8 Å². The van der Waals surface area contributed by atoms with E-state index in [1.54, 1.807) is 0 Å². The van der Waals surface area contributed by atoms with E-state index < -0.39 is 11.9 Å². The number of ether oxygens (including phenoxy) is 1. The zero-order valence-electron chi connectivity index (χ0n) is 13.3. The summed E-state index contributed by atoms with van der Waals surface area (Å²) in [5.74, 6) is -2.28. The molecule has 0 fully saturated rings. The van der Waals surface area contributed by atoms with Gasteiger partial charge in [-0.25, -0.2) is 0 Å². The quantitative estimate of drug-likeness (QED) is 0.882. The molecule has 122 valence electrons. The van der Waals surface area contributed by atoms with Gasteiger partial charge in [0.05, 0.1) is 12.5 Å². The van der Waals surface area contributed by atoms with Gasteiger partial charge in [0.15, 0.2) is 0 Å². The molecule has 24 heavy (non-hydrogen) atoms. The summed E-state index contributed by atoms with van der Waals surface area (Å²) in [6, 6.07) is 16.1. The van der Waals surface area contributed by atoms with E-state index in [0.29, 0.717) is 0 Å². The van der Waals surface area contributed by atoms with Crippen molar-refractivity contribution >= 4 is 11.9 Å². The van der Waals surface area contributed by atoms with E-state index in [0.717, 1.165) is 22.3 Å². The molecule has 1 N–H and O–H groups in total. The Morgan fingerprint density at radius 1 is 0.917 bits per heavy atom. The van der Waals surface area contributed by atoms with Crippen LogP contribution in [0, 0.1) is 11.8 Å². The molecule has 0 aromatic heterocycles. The van der Waals surface area contributed by atoms with Crippen LogP contribution in [0.3, 0.4) is 0 Å². The molecule has 0 amide bonds. The summed E-state index contributed by atoms with van der Waals surface area (Å²) in [7, 11) is 0. The third kappa shape index (κ3) is 2.06. The Morgan fingerprint density at radius 2 is 1.38 bits per heavy atom. The largest absolute Gasteiger partial charge is 0.481 e. The summed E-state index contributed by atoms with van der Waals surface area (Å²) in [6.07, 6.45) is 0. The second-order valence-corrected chi connectivity index (χ2v) is 6.54. The maximum Gasteiger partial charge on any atom is 0.307 e. The van der Waals surface area contributed by atoms with Crippen LogP contribution < -0.4 is 0 Å². The summed E-state index contributed by atoms with van der Waals surface area (Å²) in [4.78, 5) is 23.4. The van der Waals surface area contributed by atoms with Crippen LogP contribution in [-0.4, -0.2) is 23.7 Å². The molecule has 0 saturated carbocycles. The van der Waals surface area contributed by atoms with Gasteiger partial charge < -0.3 is 9.84 Å². The Labute approximate surface area is 140 Å². The van der Waals surface area contributed by atoms with Crippen molar-refractivity contribution in [3.8, 4) is 0 Å². The SMILES string of the molecule is CC(=O)OC[C@H]1C2c3ccccc3C(c3ccccc32)[C@@H]1C(=O)O. The molecule has 3 aliphatic carbocycles. The van der Waals surface area contributed by atoms with Crippen molar-refractivity contribution in [2.24, 2.45) is 11.8 Å². The summed E-state index contributed by atoms with van der Waals surface area (Å²) in [5, 5.41) is 9.91. The molecule has 4 nitrogen and oxygen atoms in total. The highest BCUT2D eigenvalue weighted by Crippen LogP contribution is 2.58. The van der Waals surface area contributed by atoms with E-state index in [9.17, 15) is 14.7 Å². The van der Waals surface area contributed by atoms with Gasteiger partial charge in [-0.3, -0.25) is 9.59 Å². The topological polar surface area (TPSA) is 63.6 Å². The average Bonchev–Trinajstić information content (AvgIpc) is 2.59. The second-order valence-electron chi connectivity index (χ2n) is 6.54. The summed E-state index contributed by atoms with van der Waals surface area (Å²) < 4.78 is 5.24. The average molecular weight is 322 g/mol. The molecule has 4 heteroatoms. The minimum atomic E-state index is -0.828. The van der Waals surface area contributed by atoms with Gasteiger partial charge in [0.25, 0.3) is 0 Å². The molecule has 0 aliphatic heterocycles. The van der Waals surface area contributed by atoms with E-state index >= 15 is 0 Å². The molecule has 0 saturated heterocycles. The monoisotopic (exact) mass is 322 g/mol. The van der Waals surface area contributed by atoms with E-state index in [-0.39, 0.29) is 30.3 Å². The number of hydrogen-bond donors (Lipinski definition) is 1. The number of hydrogen-bond acceptors (Lipinski definition) is 3. The van der Waals surface area contributed by atoms with Gasteiger partial charge in [-0.05, 0) is 22.3 Å². The number of esters is 1. The van der Waals surface area contributed by atoms with Gasteiger partial charge in [0.1, 0.15) is 0 Å². The van der Waals surface area contributed by atoms with Crippen molar-refractivity contribution in [1.82, 2.24) is 0 Å². The van der Waals surface area contributed by atoms with Crippen LogP contribution in [0.2, 0.25) is 0 Å². The fourth-order valence-electron chi connectivity index (χ4n) is 4.53. The first-order valence-corrected chi connectivity index (χ1v) is 8.13. The fraction of sp³-hybridized carbons (Fsp3) is 0.300. The van der Waals surface area contributed by atoms with Gasteiger partial charge in [0.2, 0.25) is 0 Å². The molecule has 0 unspecified atom stereocenters. The van der Waals surface area contributed by atoms with Crippen LogP contribution in [0.15, 0.2) is 48.5 Å². The molecule has 0 heterocycles. The molecule has 0 spiro atoms. The smallest absolute Gasteiger partial charge is 0.307 e. The maximum atomic E-state index is 12.1. The third-order valence-electron chi connectivity index (χ3n) is 5.35. The second kappa shape index (κ2) is 5.48. The zero-order chi connectivity index (χ0) is 16.8. The lowest BCUT2D eigenvalue weighted by molar-refractivity contribution is -0.151. The van der Waals surface area contributed by atoms with Gasteiger partial charge in [-0.15, -0.1) is 0 Å². The normalized spacial score (nSPS) is 26.4. The number of rotatable bonds is 3. The number of carboxylic acids is 1. The summed E-state index contributed by atoms with van der Waals surface area (Å²) >= 11 is 0. The highest BCUT2D eigenvalue weighted by atomic mass is 16.5. The first-order chi connectivity index (χ1) is 11.6. The highest BCUT2D eigenvalue weighted by Gasteiger charge is 2.52. The summed E-state index contributed by atoms with van der Waals surface area (Å²) in [5.41, 5.74) is 4.51. The highest BCUT2D eigenvalue weighted by molar-refractivity contribution is 5.77. The van der Waals surface area contributed by atoms with Gasteiger partial charge in [-0.2, -0.15) is 0 Å². The molecule has 2 aromatic rings. The van der Waals surface area contributed by atoms with Gasteiger partial charge in [-0.1, -0.05) is 48.5 Å². The predicted octanol–water partition coefficient (Wildman–Crippen LogP) is 3.16. The lowest BCUT2D eigenvalue weighted by Gasteiger charge is -2.48. The van der Waals surface area contributed by atoms with E-state index in [4.69, 9.17) is 4.74 Å². The number of carbonyl (C=O) groups excluding carboxylic acids is 1. The Kier molecular flexibility index (Phi) is 3.41. The molecule has 2 bridgehead atoms. The van der Waals surface area contributed by atoms with Gasteiger partial charge >= 0.3 is 11.9 Å².